The highest BCUT2D eigenvalue weighted by molar-refractivity contribution is 5.95. The molecule has 0 spiro atoms. The van der Waals surface area contributed by atoms with Crippen LogP contribution in [0.15, 0.2) is 48.5 Å². The van der Waals surface area contributed by atoms with Crippen molar-refractivity contribution in [1.29, 1.82) is 0 Å². The number of nitro benzene ring substituents is 1. The van der Waals surface area contributed by atoms with Crippen LogP contribution in [0.1, 0.15) is 22.8 Å². The Morgan fingerprint density at radius 1 is 1.24 bits per heavy atom. The zero-order chi connectivity index (χ0) is 18.2. The number of carbonyl (C=O) groups excluding carboxylic acids is 1. The summed E-state index contributed by atoms with van der Waals surface area (Å²) in [6, 6.07) is 13.8. The number of nitrogens with zero attached hydrogens (tertiary/aromatic N) is 1. The van der Waals surface area contributed by atoms with E-state index in [9.17, 15) is 14.9 Å². The van der Waals surface area contributed by atoms with Gasteiger partial charge in [-0.05, 0) is 24.6 Å². The lowest BCUT2D eigenvalue weighted by Gasteiger charge is -2.13. The second-order valence-electron chi connectivity index (χ2n) is 5.66. The van der Waals surface area contributed by atoms with Crippen LogP contribution in [0.25, 0.3) is 0 Å². The van der Waals surface area contributed by atoms with Gasteiger partial charge in [-0.1, -0.05) is 30.3 Å². The molecule has 0 saturated carbocycles. The zero-order valence-electron chi connectivity index (χ0n) is 14.2. The number of methoxy groups -OCH3 is 1. The molecule has 0 aliphatic heterocycles. The number of hydrogen-bond acceptors (Lipinski definition) is 5. The van der Waals surface area contributed by atoms with Gasteiger partial charge in [-0.25, -0.2) is 0 Å². The number of carbonyl (C=O) groups is 1. The van der Waals surface area contributed by atoms with E-state index in [1.54, 1.807) is 26.2 Å². The van der Waals surface area contributed by atoms with Gasteiger partial charge in [0.15, 0.2) is 0 Å². The molecule has 25 heavy (non-hydrogen) atoms. The smallest absolute Gasteiger partial charge is 0.293 e. The lowest BCUT2D eigenvalue weighted by atomic mass is 10.1. The van der Waals surface area contributed by atoms with Gasteiger partial charge in [0, 0.05) is 31.3 Å². The van der Waals surface area contributed by atoms with Crippen LogP contribution < -0.4 is 10.6 Å². The molecule has 0 aliphatic carbocycles. The number of anilines is 1. The first-order valence-electron chi connectivity index (χ1n) is 7.87. The van der Waals surface area contributed by atoms with Gasteiger partial charge in [0.2, 0.25) is 0 Å². The second-order valence-corrected chi connectivity index (χ2v) is 5.66. The molecule has 0 aromatic heterocycles. The third-order valence-electron chi connectivity index (χ3n) is 3.58. The molecule has 1 unspecified atom stereocenters. The summed E-state index contributed by atoms with van der Waals surface area (Å²) in [5, 5.41) is 17.1. The number of nitro groups is 1. The molecule has 1 amide bonds. The van der Waals surface area contributed by atoms with Crippen LogP contribution >= 0.6 is 0 Å². The summed E-state index contributed by atoms with van der Waals surface area (Å²) in [4.78, 5) is 23.0. The second kappa shape index (κ2) is 8.79. The maximum Gasteiger partial charge on any atom is 0.293 e. The van der Waals surface area contributed by atoms with Crippen molar-refractivity contribution in [3.63, 3.8) is 0 Å². The van der Waals surface area contributed by atoms with Gasteiger partial charge in [0.25, 0.3) is 11.6 Å². The molecule has 0 heterocycles. The van der Waals surface area contributed by atoms with Crippen LogP contribution in [0, 0.1) is 10.1 Å². The highest BCUT2D eigenvalue weighted by Gasteiger charge is 2.18. The number of hydrogen-bond donors (Lipinski definition) is 2. The largest absolute Gasteiger partial charge is 0.383 e. The maximum absolute atomic E-state index is 12.2. The summed E-state index contributed by atoms with van der Waals surface area (Å²) in [7, 11) is 1.54. The van der Waals surface area contributed by atoms with Gasteiger partial charge in [0.1, 0.15) is 5.69 Å². The van der Waals surface area contributed by atoms with Crippen LogP contribution in [0.4, 0.5) is 11.4 Å². The van der Waals surface area contributed by atoms with Crippen molar-refractivity contribution in [3.8, 4) is 0 Å². The predicted molar refractivity (Wildman–Crippen MR) is 95.7 cm³/mol. The number of benzene rings is 2. The maximum atomic E-state index is 12.2. The Morgan fingerprint density at radius 3 is 2.60 bits per heavy atom. The van der Waals surface area contributed by atoms with Crippen molar-refractivity contribution in [2.75, 3.05) is 19.0 Å². The molecule has 0 aliphatic rings. The fourth-order valence-corrected chi connectivity index (χ4v) is 2.37. The summed E-state index contributed by atoms with van der Waals surface area (Å²) in [5.41, 5.74) is 1.48. The van der Waals surface area contributed by atoms with E-state index < -0.39 is 4.92 Å². The molecule has 1 atom stereocenters. The first kappa shape index (κ1) is 18.4. The molecular formula is C18H21N3O4. The molecule has 0 saturated heterocycles. The van der Waals surface area contributed by atoms with E-state index in [-0.39, 0.29) is 23.2 Å². The van der Waals surface area contributed by atoms with Crippen LogP contribution in [-0.4, -0.2) is 30.6 Å². The summed E-state index contributed by atoms with van der Waals surface area (Å²) in [5.74, 6) is -0.373. The third kappa shape index (κ3) is 5.29. The molecule has 2 aromatic carbocycles. The van der Waals surface area contributed by atoms with Gasteiger partial charge < -0.3 is 15.4 Å². The summed E-state index contributed by atoms with van der Waals surface area (Å²) < 4.78 is 4.96. The quantitative estimate of drug-likeness (QED) is 0.568. The first-order valence-corrected chi connectivity index (χ1v) is 7.87. The fourth-order valence-electron chi connectivity index (χ4n) is 2.37. The first-order chi connectivity index (χ1) is 12.0. The number of nitrogens with one attached hydrogen (secondary N) is 2. The molecule has 0 radical (unpaired) electrons. The molecular weight excluding hydrogens is 322 g/mol. The topological polar surface area (TPSA) is 93.5 Å². The van der Waals surface area contributed by atoms with Crippen LogP contribution in [0.3, 0.4) is 0 Å². The van der Waals surface area contributed by atoms with E-state index in [2.05, 4.69) is 10.6 Å². The Bertz CT molecular complexity index is 734. The normalized spacial score (nSPS) is 11.6. The highest BCUT2D eigenvalue weighted by atomic mass is 16.6. The standard InChI is InChI=1S/C18H21N3O4/c1-13(12-25-2)20-18(22)15-8-9-16(17(10-15)21(23)24)19-11-14-6-4-3-5-7-14/h3-10,13,19H,11-12H2,1-2H3,(H,20,22). The SMILES string of the molecule is COCC(C)NC(=O)c1ccc(NCc2ccccc2)c([N+](=O)[O-])c1. The Morgan fingerprint density at radius 2 is 1.96 bits per heavy atom. The van der Waals surface area contributed by atoms with Gasteiger partial charge in [0.05, 0.1) is 11.5 Å². The van der Waals surface area contributed by atoms with E-state index in [0.717, 1.165) is 5.56 Å². The summed E-state index contributed by atoms with van der Waals surface area (Å²) in [6.07, 6.45) is 0. The number of rotatable bonds is 8. The molecule has 0 fully saturated rings. The van der Waals surface area contributed by atoms with E-state index >= 15 is 0 Å². The van der Waals surface area contributed by atoms with Gasteiger partial charge >= 0.3 is 0 Å². The molecule has 7 nitrogen and oxygen atoms in total. The van der Waals surface area contributed by atoms with Gasteiger partial charge in [-0.3, -0.25) is 14.9 Å². The van der Waals surface area contributed by atoms with Crippen LogP contribution in [0.5, 0.6) is 0 Å². The molecule has 0 bridgehead atoms. The van der Waals surface area contributed by atoms with Crippen molar-refractivity contribution < 1.29 is 14.5 Å². The number of amides is 1. The Kier molecular flexibility index (Phi) is 6.47. The summed E-state index contributed by atoms with van der Waals surface area (Å²) >= 11 is 0. The molecule has 2 aromatic rings. The third-order valence-corrected chi connectivity index (χ3v) is 3.58. The van der Waals surface area contributed by atoms with Crippen molar-refractivity contribution in [1.82, 2.24) is 5.32 Å². The molecule has 7 heteroatoms. The Balaban J connectivity index is 2.14. The summed E-state index contributed by atoms with van der Waals surface area (Å²) in [6.45, 7) is 2.62. The van der Waals surface area contributed by atoms with Crippen LogP contribution in [-0.2, 0) is 11.3 Å². The Labute approximate surface area is 146 Å². The lowest BCUT2D eigenvalue weighted by molar-refractivity contribution is -0.384. The van der Waals surface area contributed by atoms with E-state index in [0.29, 0.717) is 18.8 Å². The van der Waals surface area contributed by atoms with Crippen LogP contribution in [0.2, 0.25) is 0 Å². The molecule has 2 N–H and O–H groups in total. The van der Waals surface area contributed by atoms with E-state index in [1.165, 1.54) is 6.07 Å². The van der Waals surface area contributed by atoms with Crippen molar-refractivity contribution >= 4 is 17.3 Å². The van der Waals surface area contributed by atoms with Crippen molar-refractivity contribution in [2.24, 2.45) is 0 Å². The molecule has 132 valence electrons. The average Bonchev–Trinajstić information content (AvgIpc) is 2.60. The lowest BCUT2D eigenvalue weighted by Crippen LogP contribution is -2.35. The van der Waals surface area contributed by atoms with E-state index in [4.69, 9.17) is 4.74 Å². The highest BCUT2D eigenvalue weighted by Crippen LogP contribution is 2.26. The number of ether oxygens (including phenoxy) is 1. The van der Waals surface area contributed by atoms with Crippen molar-refractivity contribution in [3.05, 3.63) is 69.8 Å². The average molecular weight is 343 g/mol. The van der Waals surface area contributed by atoms with E-state index in [1.807, 2.05) is 30.3 Å². The minimum atomic E-state index is -0.497. The van der Waals surface area contributed by atoms with Gasteiger partial charge in [-0.15, -0.1) is 0 Å². The zero-order valence-corrected chi connectivity index (χ0v) is 14.2. The fraction of sp³-hybridized carbons (Fsp3) is 0.278. The molecule has 2 rings (SSSR count). The van der Waals surface area contributed by atoms with Crippen molar-refractivity contribution in [2.45, 2.75) is 19.5 Å². The Hall–Kier alpha value is -2.93. The predicted octanol–water partition coefficient (Wildman–Crippen LogP) is 2.97. The minimum Gasteiger partial charge on any atom is -0.383 e. The van der Waals surface area contributed by atoms with Gasteiger partial charge in [-0.2, -0.15) is 0 Å². The minimum absolute atomic E-state index is 0.136. The monoisotopic (exact) mass is 343 g/mol.